The summed E-state index contributed by atoms with van der Waals surface area (Å²) in [6.45, 7) is 12.1. The molecule has 5 rings (SSSR count). The molecule has 9 nitrogen and oxygen atoms in total. The SMILES string of the molecule is [C-]#[N+]c1cccnc1Oc1ccc(-c2nc(C3CCN(C(=O)C=C)C3)c3ccnc(N)n23)cc1. The van der Waals surface area contributed by atoms with Crippen LogP contribution in [0, 0.1) is 6.57 Å². The summed E-state index contributed by atoms with van der Waals surface area (Å²) in [5, 5.41) is 0. The summed E-state index contributed by atoms with van der Waals surface area (Å²) in [7, 11) is 0. The van der Waals surface area contributed by atoms with Crippen LogP contribution in [0.3, 0.4) is 0 Å². The van der Waals surface area contributed by atoms with Gasteiger partial charge in [-0.2, -0.15) is 0 Å². The molecule has 1 aromatic carbocycles. The number of carbonyl (C=O) groups is 1. The van der Waals surface area contributed by atoms with E-state index in [1.807, 2.05) is 22.6 Å². The Morgan fingerprint density at radius 1 is 1.21 bits per heavy atom. The van der Waals surface area contributed by atoms with E-state index in [1.54, 1.807) is 41.6 Å². The van der Waals surface area contributed by atoms with Crippen molar-refractivity contribution < 1.29 is 9.53 Å². The maximum Gasteiger partial charge on any atom is 0.247 e. The summed E-state index contributed by atoms with van der Waals surface area (Å²) >= 11 is 0. The monoisotopic (exact) mass is 451 g/mol. The molecule has 2 N–H and O–H groups in total. The lowest BCUT2D eigenvalue weighted by molar-refractivity contribution is -0.125. The summed E-state index contributed by atoms with van der Waals surface area (Å²) in [5.74, 6) is 1.82. The van der Waals surface area contributed by atoms with Crippen LogP contribution in [0.4, 0.5) is 11.6 Å². The van der Waals surface area contributed by atoms with Crippen LogP contribution in [-0.2, 0) is 4.79 Å². The zero-order chi connectivity index (χ0) is 23.7. The van der Waals surface area contributed by atoms with Crippen LogP contribution < -0.4 is 10.5 Å². The molecule has 1 saturated heterocycles. The molecule has 168 valence electrons. The molecule has 0 bridgehead atoms. The summed E-state index contributed by atoms with van der Waals surface area (Å²) in [4.78, 5) is 30.6. The van der Waals surface area contributed by atoms with Crippen molar-refractivity contribution in [1.29, 1.82) is 0 Å². The van der Waals surface area contributed by atoms with E-state index >= 15 is 0 Å². The molecule has 4 heterocycles. The average Bonchev–Trinajstić information content (AvgIpc) is 3.50. The number of imidazole rings is 1. The number of benzene rings is 1. The standard InChI is InChI=1S/C25H21N7O2/c1-3-21(33)31-14-11-17(15-31)22-20-10-13-29-25(26)32(20)23(30-22)16-6-8-18(9-7-16)34-24-19(27-2)5-4-12-28-24/h3-10,12-13,17H,1,11,14-15H2,(H2,26,29). The molecule has 4 aromatic rings. The van der Waals surface area contributed by atoms with Gasteiger partial charge in [0.25, 0.3) is 0 Å². The summed E-state index contributed by atoms with van der Waals surface area (Å²) in [6.07, 6.45) is 5.41. The van der Waals surface area contributed by atoms with Crippen molar-refractivity contribution in [1.82, 2.24) is 24.3 Å². The van der Waals surface area contributed by atoms with Gasteiger partial charge < -0.3 is 15.4 Å². The number of amides is 1. The Labute approximate surface area is 196 Å². The first-order chi connectivity index (χ1) is 16.6. The van der Waals surface area contributed by atoms with Gasteiger partial charge in [0.1, 0.15) is 11.6 Å². The molecule has 0 saturated carbocycles. The molecule has 1 amide bonds. The van der Waals surface area contributed by atoms with Gasteiger partial charge in [-0.05, 0) is 48.9 Å². The summed E-state index contributed by atoms with van der Waals surface area (Å²) in [5.41, 5.74) is 9.17. The van der Waals surface area contributed by atoms with Gasteiger partial charge in [0.05, 0.1) is 17.8 Å². The Morgan fingerprint density at radius 3 is 2.79 bits per heavy atom. The number of carbonyl (C=O) groups excluding carboxylic acids is 1. The van der Waals surface area contributed by atoms with E-state index in [-0.39, 0.29) is 17.7 Å². The quantitative estimate of drug-likeness (QED) is 0.360. The Balaban J connectivity index is 1.49. The predicted octanol–water partition coefficient (Wildman–Crippen LogP) is 4.22. The molecular formula is C25H21N7O2. The molecule has 1 unspecified atom stereocenters. The predicted molar refractivity (Wildman–Crippen MR) is 128 cm³/mol. The molecule has 34 heavy (non-hydrogen) atoms. The highest BCUT2D eigenvalue weighted by Crippen LogP contribution is 2.35. The second kappa shape index (κ2) is 8.67. The molecule has 1 fully saturated rings. The second-order valence-corrected chi connectivity index (χ2v) is 7.88. The minimum Gasteiger partial charge on any atom is -0.449 e. The number of nitrogens with zero attached hydrogens (tertiary/aromatic N) is 6. The van der Waals surface area contributed by atoms with Crippen LogP contribution in [0.2, 0.25) is 0 Å². The number of ether oxygens (including phenoxy) is 1. The first-order valence-electron chi connectivity index (χ1n) is 10.7. The van der Waals surface area contributed by atoms with E-state index in [9.17, 15) is 4.79 Å². The van der Waals surface area contributed by atoms with Gasteiger partial charge in [0, 0.05) is 37.0 Å². The van der Waals surface area contributed by atoms with Gasteiger partial charge in [-0.3, -0.25) is 9.20 Å². The van der Waals surface area contributed by atoms with E-state index < -0.39 is 0 Å². The number of nitrogen functional groups attached to an aromatic ring is 1. The molecule has 0 spiro atoms. The van der Waals surface area contributed by atoms with Crippen LogP contribution in [0.1, 0.15) is 18.0 Å². The fourth-order valence-electron chi connectivity index (χ4n) is 4.22. The van der Waals surface area contributed by atoms with E-state index in [4.69, 9.17) is 22.0 Å². The molecule has 1 atom stereocenters. The van der Waals surface area contributed by atoms with E-state index in [1.165, 1.54) is 6.08 Å². The van der Waals surface area contributed by atoms with E-state index in [0.717, 1.165) is 23.2 Å². The highest BCUT2D eigenvalue weighted by molar-refractivity contribution is 5.87. The molecular weight excluding hydrogens is 430 g/mol. The van der Waals surface area contributed by atoms with Gasteiger partial charge in [-0.25, -0.2) is 19.8 Å². The summed E-state index contributed by atoms with van der Waals surface area (Å²) < 4.78 is 7.63. The number of hydrogen-bond donors (Lipinski definition) is 1. The number of likely N-dealkylation sites (tertiary alicyclic amines) is 1. The zero-order valence-electron chi connectivity index (χ0n) is 18.3. The normalized spacial score (nSPS) is 15.3. The number of pyridine rings is 1. The maximum absolute atomic E-state index is 12.1. The minimum absolute atomic E-state index is 0.0720. The van der Waals surface area contributed by atoms with Gasteiger partial charge in [0.15, 0.2) is 0 Å². The van der Waals surface area contributed by atoms with Crippen molar-refractivity contribution in [3.8, 4) is 23.0 Å². The third-order valence-corrected chi connectivity index (χ3v) is 5.87. The Hall–Kier alpha value is -4.71. The van der Waals surface area contributed by atoms with Crippen molar-refractivity contribution >= 4 is 23.1 Å². The topological polar surface area (TPSA) is 103 Å². The Morgan fingerprint density at radius 2 is 2.03 bits per heavy atom. The molecule has 3 aromatic heterocycles. The van der Waals surface area contributed by atoms with Gasteiger partial charge in [0.2, 0.25) is 23.4 Å². The fourth-order valence-corrected chi connectivity index (χ4v) is 4.22. The fraction of sp³-hybridized carbons (Fsp3) is 0.160. The minimum atomic E-state index is -0.0720. The zero-order valence-corrected chi connectivity index (χ0v) is 18.3. The van der Waals surface area contributed by atoms with E-state index in [2.05, 4.69) is 21.4 Å². The van der Waals surface area contributed by atoms with Crippen molar-refractivity contribution in [3.63, 3.8) is 0 Å². The van der Waals surface area contributed by atoms with Crippen LogP contribution in [-0.4, -0.2) is 43.2 Å². The molecule has 9 heteroatoms. The number of anilines is 1. The lowest BCUT2D eigenvalue weighted by Gasteiger charge is -2.13. The van der Waals surface area contributed by atoms with Gasteiger partial charge >= 0.3 is 0 Å². The number of rotatable bonds is 5. The Bertz CT molecular complexity index is 1440. The molecule has 1 aliphatic heterocycles. The average molecular weight is 451 g/mol. The van der Waals surface area contributed by atoms with Crippen molar-refractivity contribution in [2.24, 2.45) is 0 Å². The van der Waals surface area contributed by atoms with Gasteiger partial charge in [-0.15, -0.1) is 0 Å². The van der Waals surface area contributed by atoms with Crippen molar-refractivity contribution in [2.75, 3.05) is 18.8 Å². The van der Waals surface area contributed by atoms with Gasteiger partial charge in [-0.1, -0.05) is 12.6 Å². The van der Waals surface area contributed by atoms with E-state index in [0.29, 0.717) is 36.3 Å². The first kappa shape index (κ1) is 21.2. The molecule has 1 aliphatic rings. The largest absolute Gasteiger partial charge is 0.449 e. The number of fused-ring (bicyclic) bond motifs is 1. The van der Waals surface area contributed by atoms with Crippen LogP contribution in [0.25, 0.3) is 21.7 Å². The lowest BCUT2D eigenvalue weighted by Crippen LogP contribution is -2.26. The summed E-state index contributed by atoms with van der Waals surface area (Å²) in [6, 6.07) is 12.6. The smallest absolute Gasteiger partial charge is 0.247 e. The van der Waals surface area contributed by atoms with Crippen molar-refractivity contribution in [2.45, 2.75) is 12.3 Å². The Kier molecular flexibility index (Phi) is 5.40. The van der Waals surface area contributed by atoms with Crippen LogP contribution in [0.15, 0.2) is 67.5 Å². The highest BCUT2D eigenvalue weighted by atomic mass is 16.5. The number of aromatic nitrogens is 4. The maximum atomic E-state index is 12.1. The third kappa shape index (κ3) is 3.71. The second-order valence-electron chi connectivity index (χ2n) is 7.88. The van der Waals surface area contributed by atoms with Crippen molar-refractivity contribution in [3.05, 3.63) is 84.6 Å². The van der Waals surface area contributed by atoms with Crippen LogP contribution >= 0.6 is 0 Å². The third-order valence-electron chi connectivity index (χ3n) is 5.87. The molecule has 0 aliphatic carbocycles. The van der Waals surface area contributed by atoms with Crippen LogP contribution in [0.5, 0.6) is 11.6 Å². The lowest BCUT2D eigenvalue weighted by atomic mass is 10.0. The highest BCUT2D eigenvalue weighted by Gasteiger charge is 2.30. The number of nitrogens with two attached hydrogens (primary N) is 1. The number of hydrogen-bond acceptors (Lipinski definition) is 6. The first-order valence-corrected chi connectivity index (χ1v) is 10.7. The molecule has 0 radical (unpaired) electrons.